The topological polar surface area (TPSA) is 0 Å². The zero-order chi connectivity index (χ0) is 13.7. The molecule has 2 fully saturated rings. The molecule has 0 saturated heterocycles. The number of hydrogen-bond acceptors (Lipinski definition) is 0. The number of aryl methyl sites for hydroxylation is 1. The Hall–Kier alpha value is -1.01. The van der Waals surface area contributed by atoms with Crippen molar-refractivity contribution in [3.8, 4) is 0 Å². The predicted octanol–water partition coefficient (Wildman–Crippen LogP) is 5.86. The Morgan fingerprint density at radius 3 is 2.45 bits per heavy atom. The van der Waals surface area contributed by atoms with E-state index in [4.69, 9.17) is 11.6 Å². The fraction of sp³-hybridized carbons (Fsp3) is 0.474. The van der Waals surface area contributed by atoms with Gasteiger partial charge in [-0.3, -0.25) is 0 Å². The van der Waals surface area contributed by atoms with Crippen LogP contribution >= 0.6 is 11.6 Å². The number of fused-ring (bicyclic) bond motifs is 2. The number of hydrogen-bond donors (Lipinski definition) is 0. The Morgan fingerprint density at radius 2 is 1.70 bits per heavy atom. The summed E-state index contributed by atoms with van der Waals surface area (Å²) in [6.45, 7) is 2.21. The maximum absolute atomic E-state index is 6.96. The van der Waals surface area contributed by atoms with Gasteiger partial charge in [-0.05, 0) is 59.4 Å². The summed E-state index contributed by atoms with van der Waals surface area (Å²) in [4.78, 5) is 0. The largest absolute Gasteiger partial charge is 0.117 e. The lowest BCUT2D eigenvalue weighted by molar-refractivity contribution is 0.480. The number of alkyl halides is 1. The third kappa shape index (κ3) is 1.89. The average Bonchev–Trinajstić information content (AvgIpc) is 3.21. The molecule has 2 aliphatic carbocycles. The third-order valence-electron chi connectivity index (χ3n) is 5.53. The summed E-state index contributed by atoms with van der Waals surface area (Å²) in [5.74, 6) is 2.54. The molecule has 20 heavy (non-hydrogen) atoms. The summed E-state index contributed by atoms with van der Waals surface area (Å²) in [5.41, 5.74) is 2.75. The van der Waals surface area contributed by atoms with Crippen molar-refractivity contribution in [1.29, 1.82) is 0 Å². The van der Waals surface area contributed by atoms with E-state index in [1.165, 1.54) is 47.6 Å². The second-order valence-electron chi connectivity index (χ2n) is 6.61. The molecule has 0 spiro atoms. The molecule has 0 heterocycles. The summed E-state index contributed by atoms with van der Waals surface area (Å²) < 4.78 is 0. The van der Waals surface area contributed by atoms with Crippen molar-refractivity contribution in [2.75, 3.05) is 0 Å². The molecule has 0 aromatic heterocycles. The van der Waals surface area contributed by atoms with Crippen LogP contribution in [-0.4, -0.2) is 0 Å². The highest BCUT2D eigenvalue weighted by atomic mass is 35.5. The van der Waals surface area contributed by atoms with Crippen LogP contribution in [0.1, 0.15) is 42.2 Å². The van der Waals surface area contributed by atoms with Crippen LogP contribution in [0.3, 0.4) is 0 Å². The average molecular weight is 285 g/mol. The SMILES string of the molecule is Cc1ccc2ccccc2c1C(Cl)C1C2CCCCC21. The van der Waals surface area contributed by atoms with Crippen molar-refractivity contribution in [1.82, 2.24) is 0 Å². The summed E-state index contributed by atoms with van der Waals surface area (Å²) in [7, 11) is 0. The van der Waals surface area contributed by atoms with E-state index < -0.39 is 0 Å². The summed E-state index contributed by atoms with van der Waals surface area (Å²) in [6.07, 6.45) is 5.64. The van der Waals surface area contributed by atoms with Crippen LogP contribution in [0, 0.1) is 24.7 Å². The van der Waals surface area contributed by atoms with Gasteiger partial charge in [0.15, 0.2) is 0 Å². The molecule has 0 bridgehead atoms. The normalized spacial score (nSPS) is 30.0. The van der Waals surface area contributed by atoms with E-state index in [0.717, 1.165) is 17.8 Å². The molecule has 2 aromatic rings. The molecule has 2 saturated carbocycles. The van der Waals surface area contributed by atoms with Crippen LogP contribution in [0.2, 0.25) is 0 Å². The Morgan fingerprint density at radius 1 is 1.00 bits per heavy atom. The molecule has 0 radical (unpaired) electrons. The van der Waals surface area contributed by atoms with Crippen molar-refractivity contribution in [2.24, 2.45) is 17.8 Å². The van der Waals surface area contributed by atoms with E-state index in [1.807, 2.05) is 0 Å². The minimum Gasteiger partial charge on any atom is -0.117 e. The lowest BCUT2D eigenvalue weighted by Crippen LogP contribution is -2.00. The van der Waals surface area contributed by atoms with Gasteiger partial charge in [-0.1, -0.05) is 49.2 Å². The van der Waals surface area contributed by atoms with Crippen LogP contribution < -0.4 is 0 Å². The smallest absolute Gasteiger partial charge is 0.0627 e. The Kier molecular flexibility index (Phi) is 3.03. The Balaban J connectivity index is 1.76. The molecule has 4 rings (SSSR count). The van der Waals surface area contributed by atoms with Crippen molar-refractivity contribution in [3.05, 3.63) is 47.5 Å². The van der Waals surface area contributed by atoms with Gasteiger partial charge in [0.25, 0.3) is 0 Å². The zero-order valence-electron chi connectivity index (χ0n) is 12.0. The van der Waals surface area contributed by atoms with Crippen LogP contribution in [-0.2, 0) is 0 Å². The van der Waals surface area contributed by atoms with E-state index in [-0.39, 0.29) is 5.38 Å². The van der Waals surface area contributed by atoms with Crippen molar-refractivity contribution in [2.45, 2.75) is 38.0 Å². The standard InChI is InChI=1S/C19H21Cl/c1-12-10-11-13-6-2-3-7-14(13)17(12)19(20)18-15-8-4-5-9-16(15)18/h2-3,6-7,10-11,15-16,18-19H,4-5,8-9H2,1H3. The summed E-state index contributed by atoms with van der Waals surface area (Å²) in [5, 5.41) is 2.88. The molecular weight excluding hydrogens is 264 g/mol. The maximum atomic E-state index is 6.96. The second-order valence-corrected chi connectivity index (χ2v) is 7.08. The molecule has 0 nitrogen and oxygen atoms in total. The fourth-order valence-electron chi connectivity index (χ4n) is 4.44. The van der Waals surface area contributed by atoms with Gasteiger partial charge in [0.05, 0.1) is 5.38 Å². The highest BCUT2D eigenvalue weighted by Gasteiger charge is 2.54. The third-order valence-corrected chi connectivity index (χ3v) is 6.03. The molecule has 3 unspecified atom stereocenters. The van der Waals surface area contributed by atoms with Gasteiger partial charge in [-0.2, -0.15) is 0 Å². The van der Waals surface area contributed by atoms with Crippen molar-refractivity contribution in [3.63, 3.8) is 0 Å². The Labute approximate surface area is 126 Å². The highest BCUT2D eigenvalue weighted by molar-refractivity contribution is 6.22. The molecule has 0 aliphatic heterocycles. The van der Waals surface area contributed by atoms with Crippen LogP contribution in [0.25, 0.3) is 10.8 Å². The molecule has 3 atom stereocenters. The predicted molar refractivity (Wildman–Crippen MR) is 86.2 cm³/mol. The number of halogens is 1. The first-order valence-corrected chi connectivity index (χ1v) is 8.33. The first-order chi connectivity index (χ1) is 9.77. The molecule has 0 amide bonds. The van der Waals surface area contributed by atoms with Gasteiger partial charge in [0.1, 0.15) is 0 Å². The molecule has 2 aliphatic rings. The monoisotopic (exact) mass is 284 g/mol. The van der Waals surface area contributed by atoms with Crippen LogP contribution in [0.15, 0.2) is 36.4 Å². The minimum atomic E-state index is 0.203. The minimum absolute atomic E-state index is 0.203. The maximum Gasteiger partial charge on any atom is 0.0627 e. The van der Waals surface area contributed by atoms with Gasteiger partial charge in [-0.15, -0.1) is 11.6 Å². The van der Waals surface area contributed by atoms with Crippen molar-refractivity contribution >= 4 is 22.4 Å². The summed E-state index contributed by atoms with van der Waals surface area (Å²) in [6, 6.07) is 13.1. The first kappa shape index (κ1) is 12.7. The number of rotatable bonds is 2. The lowest BCUT2D eigenvalue weighted by atomic mass is 9.94. The molecule has 104 valence electrons. The van der Waals surface area contributed by atoms with E-state index in [2.05, 4.69) is 43.3 Å². The quantitative estimate of drug-likeness (QED) is 0.606. The zero-order valence-corrected chi connectivity index (χ0v) is 12.7. The Bertz CT molecular complexity index is 633. The molecule has 0 N–H and O–H groups in total. The van der Waals surface area contributed by atoms with Crippen LogP contribution in [0.4, 0.5) is 0 Å². The lowest BCUT2D eigenvalue weighted by Gasteiger charge is -2.16. The van der Waals surface area contributed by atoms with Gasteiger partial charge in [0, 0.05) is 0 Å². The number of benzene rings is 2. The van der Waals surface area contributed by atoms with Crippen LogP contribution in [0.5, 0.6) is 0 Å². The van der Waals surface area contributed by atoms with E-state index in [0.29, 0.717) is 0 Å². The molecular formula is C19H21Cl. The van der Waals surface area contributed by atoms with Gasteiger partial charge in [0.2, 0.25) is 0 Å². The molecule has 2 aromatic carbocycles. The first-order valence-electron chi connectivity index (χ1n) is 7.89. The highest BCUT2D eigenvalue weighted by Crippen LogP contribution is 2.62. The fourth-order valence-corrected chi connectivity index (χ4v) is 5.11. The van der Waals surface area contributed by atoms with Gasteiger partial charge in [-0.25, -0.2) is 0 Å². The van der Waals surface area contributed by atoms with Gasteiger partial charge >= 0.3 is 0 Å². The van der Waals surface area contributed by atoms with E-state index in [1.54, 1.807) is 0 Å². The summed E-state index contributed by atoms with van der Waals surface area (Å²) >= 11 is 6.96. The van der Waals surface area contributed by atoms with E-state index in [9.17, 15) is 0 Å². The second kappa shape index (κ2) is 4.77. The van der Waals surface area contributed by atoms with Gasteiger partial charge < -0.3 is 0 Å². The molecule has 1 heteroatoms. The van der Waals surface area contributed by atoms with E-state index >= 15 is 0 Å². The van der Waals surface area contributed by atoms with Crippen molar-refractivity contribution < 1.29 is 0 Å².